The summed E-state index contributed by atoms with van der Waals surface area (Å²) >= 11 is 0. The zero-order valence-electron chi connectivity index (χ0n) is 18.1. The molecule has 1 aromatic rings. The van der Waals surface area contributed by atoms with E-state index in [4.69, 9.17) is 4.74 Å². The number of nitrogens with one attached hydrogen (secondary N) is 1. The lowest BCUT2D eigenvalue weighted by Crippen LogP contribution is -2.59. The lowest BCUT2D eigenvalue weighted by Gasteiger charge is -2.42. The van der Waals surface area contributed by atoms with Gasteiger partial charge in [-0.1, -0.05) is 12.1 Å². The molecular formula is C23H33FN2O4S. The molecule has 1 aliphatic heterocycles. The minimum atomic E-state index is -3.37. The first-order chi connectivity index (χ1) is 14.8. The highest BCUT2D eigenvalue weighted by molar-refractivity contribution is 7.88. The maximum Gasteiger partial charge on any atom is 0.226 e. The second-order valence-corrected chi connectivity index (χ2v) is 11.2. The van der Waals surface area contributed by atoms with Gasteiger partial charge >= 0.3 is 0 Å². The molecule has 1 saturated heterocycles. The molecule has 3 fully saturated rings. The molecule has 1 amide bonds. The van der Waals surface area contributed by atoms with Crippen molar-refractivity contribution in [2.24, 2.45) is 5.92 Å². The molecule has 0 bridgehead atoms. The zero-order chi connectivity index (χ0) is 22.0. The number of carbonyl (C=O) groups is 1. The third kappa shape index (κ3) is 6.05. The third-order valence-corrected chi connectivity index (χ3v) is 7.58. The second kappa shape index (κ2) is 9.55. The molecule has 2 aliphatic carbocycles. The summed E-state index contributed by atoms with van der Waals surface area (Å²) in [6.07, 6.45) is 8.26. The van der Waals surface area contributed by atoms with Crippen LogP contribution in [-0.4, -0.2) is 56.8 Å². The molecule has 3 aliphatic rings. The number of amides is 1. The van der Waals surface area contributed by atoms with Crippen LogP contribution in [0.15, 0.2) is 24.3 Å². The highest BCUT2D eigenvalue weighted by Crippen LogP contribution is 2.36. The van der Waals surface area contributed by atoms with Crippen molar-refractivity contribution >= 4 is 15.9 Å². The van der Waals surface area contributed by atoms with Gasteiger partial charge in [0.15, 0.2) is 0 Å². The largest absolute Gasteiger partial charge is 0.376 e. The third-order valence-electron chi connectivity index (χ3n) is 6.85. The maximum absolute atomic E-state index is 13.5. The first-order valence-electron chi connectivity index (χ1n) is 11.4. The van der Waals surface area contributed by atoms with Crippen LogP contribution in [0, 0.1) is 11.7 Å². The zero-order valence-corrected chi connectivity index (χ0v) is 19.0. The Bertz CT molecular complexity index is 881. The van der Waals surface area contributed by atoms with E-state index in [-0.39, 0.29) is 35.8 Å². The van der Waals surface area contributed by atoms with Crippen molar-refractivity contribution in [2.45, 2.75) is 75.5 Å². The van der Waals surface area contributed by atoms with Crippen LogP contribution >= 0.6 is 0 Å². The fourth-order valence-electron chi connectivity index (χ4n) is 5.07. The molecule has 1 aromatic carbocycles. The minimum Gasteiger partial charge on any atom is -0.376 e. The number of halogens is 1. The van der Waals surface area contributed by atoms with E-state index in [0.717, 1.165) is 50.5 Å². The molecular weight excluding hydrogens is 419 g/mol. The van der Waals surface area contributed by atoms with Crippen LogP contribution in [-0.2, 0) is 19.6 Å². The van der Waals surface area contributed by atoms with Crippen molar-refractivity contribution in [2.75, 3.05) is 19.4 Å². The van der Waals surface area contributed by atoms with Crippen LogP contribution in [0.25, 0.3) is 0 Å². The Labute approximate surface area is 184 Å². The van der Waals surface area contributed by atoms with Crippen molar-refractivity contribution in [1.82, 2.24) is 9.62 Å². The predicted octanol–water partition coefficient (Wildman–Crippen LogP) is 3.19. The van der Waals surface area contributed by atoms with Crippen LogP contribution in [0.1, 0.15) is 62.8 Å². The molecule has 0 radical (unpaired) electrons. The monoisotopic (exact) mass is 452 g/mol. The molecule has 0 unspecified atom stereocenters. The van der Waals surface area contributed by atoms with Gasteiger partial charge in [0, 0.05) is 18.5 Å². The molecule has 4 rings (SSSR count). The fraction of sp³-hybridized carbons (Fsp3) is 0.696. The van der Waals surface area contributed by atoms with E-state index in [1.54, 1.807) is 12.1 Å². The summed E-state index contributed by atoms with van der Waals surface area (Å²) in [5.74, 6) is 0.389. The Morgan fingerprint density at radius 1 is 1.16 bits per heavy atom. The van der Waals surface area contributed by atoms with Gasteiger partial charge in [-0.05, 0) is 75.0 Å². The van der Waals surface area contributed by atoms with E-state index in [9.17, 15) is 17.6 Å². The number of nitrogens with zero attached hydrogens (tertiary/aromatic N) is 1. The van der Waals surface area contributed by atoms with Gasteiger partial charge in [-0.3, -0.25) is 4.79 Å². The summed E-state index contributed by atoms with van der Waals surface area (Å²) < 4.78 is 46.3. The molecule has 6 nitrogen and oxygen atoms in total. The standard InChI is InChI=1S/C23H33FN2O4S/c1-31(28,29)25-21-6-3-13-26(23(27)17-7-8-17)22(21)15-30-20-11-9-16(10-12-20)18-4-2-5-19(24)14-18/h2,4-5,14,16-17,20-22,25H,3,6-13,15H2,1H3/t16-,20+,21-,22-/m0/s1. The quantitative estimate of drug-likeness (QED) is 0.689. The summed E-state index contributed by atoms with van der Waals surface area (Å²) in [5, 5.41) is 0. The van der Waals surface area contributed by atoms with Crippen LogP contribution in [0.4, 0.5) is 4.39 Å². The first kappa shape index (κ1) is 22.7. The first-order valence-corrected chi connectivity index (χ1v) is 13.3. The molecule has 2 saturated carbocycles. The molecule has 172 valence electrons. The maximum atomic E-state index is 13.5. The minimum absolute atomic E-state index is 0.0866. The molecule has 2 atom stereocenters. The highest BCUT2D eigenvalue weighted by Gasteiger charge is 2.41. The number of hydrogen-bond donors (Lipinski definition) is 1. The van der Waals surface area contributed by atoms with Gasteiger partial charge in [0.1, 0.15) is 5.82 Å². The predicted molar refractivity (Wildman–Crippen MR) is 117 cm³/mol. The van der Waals surface area contributed by atoms with Crippen LogP contribution in [0.2, 0.25) is 0 Å². The Balaban J connectivity index is 1.36. The average molecular weight is 453 g/mol. The summed E-state index contributed by atoms with van der Waals surface area (Å²) in [6.45, 7) is 1.01. The highest BCUT2D eigenvalue weighted by atomic mass is 32.2. The summed E-state index contributed by atoms with van der Waals surface area (Å²) in [4.78, 5) is 14.7. The van der Waals surface area contributed by atoms with Gasteiger partial charge < -0.3 is 9.64 Å². The smallest absolute Gasteiger partial charge is 0.226 e. The van der Waals surface area contributed by atoms with Gasteiger partial charge in [-0.15, -0.1) is 0 Å². The van der Waals surface area contributed by atoms with Crippen molar-refractivity contribution in [1.29, 1.82) is 0 Å². The lowest BCUT2D eigenvalue weighted by molar-refractivity contribution is -0.139. The molecule has 31 heavy (non-hydrogen) atoms. The molecule has 0 aromatic heterocycles. The van der Waals surface area contributed by atoms with E-state index < -0.39 is 10.0 Å². The van der Waals surface area contributed by atoms with E-state index >= 15 is 0 Å². The average Bonchev–Trinajstić information content (AvgIpc) is 3.57. The molecule has 0 spiro atoms. The Hall–Kier alpha value is -1.51. The number of piperidine rings is 1. The number of rotatable bonds is 7. The fourth-order valence-corrected chi connectivity index (χ4v) is 5.90. The van der Waals surface area contributed by atoms with E-state index in [1.807, 2.05) is 11.0 Å². The van der Waals surface area contributed by atoms with E-state index in [0.29, 0.717) is 25.5 Å². The van der Waals surface area contributed by atoms with Crippen LogP contribution in [0.3, 0.4) is 0 Å². The number of likely N-dealkylation sites (tertiary alicyclic amines) is 1. The van der Waals surface area contributed by atoms with Gasteiger partial charge in [-0.2, -0.15) is 0 Å². The van der Waals surface area contributed by atoms with E-state index in [1.165, 1.54) is 12.3 Å². The van der Waals surface area contributed by atoms with Gasteiger partial charge in [0.2, 0.25) is 15.9 Å². The topological polar surface area (TPSA) is 75.7 Å². The Kier molecular flexibility index (Phi) is 6.98. The van der Waals surface area contributed by atoms with Crippen molar-refractivity contribution < 1.29 is 22.3 Å². The number of ether oxygens (including phenoxy) is 1. The summed E-state index contributed by atoms with van der Waals surface area (Å²) in [6, 6.07) is 6.26. The number of carbonyl (C=O) groups excluding carboxylic acids is 1. The lowest BCUT2D eigenvalue weighted by atomic mass is 9.82. The van der Waals surface area contributed by atoms with Crippen molar-refractivity contribution in [3.63, 3.8) is 0 Å². The van der Waals surface area contributed by atoms with Crippen LogP contribution in [0.5, 0.6) is 0 Å². The van der Waals surface area contributed by atoms with Gasteiger partial charge in [-0.25, -0.2) is 17.5 Å². The number of benzene rings is 1. The summed E-state index contributed by atoms with van der Waals surface area (Å²) in [7, 11) is -3.37. The van der Waals surface area contributed by atoms with Crippen LogP contribution < -0.4 is 4.72 Å². The SMILES string of the molecule is CS(=O)(=O)N[C@H]1CCCN(C(=O)C2CC2)[C@H]1CO[C@H]1CC[C@@H](c2cccc(F)c2)CC1. The molecule has 1 N–H and O–H groups in total. The summed E-state index contributed by atoms with van der Waals surface area (Å²) in [5.41, 5.74) is 1.05. The Morgan fingerprint density at radius 2 is 1.90 bits per heavy atom. The molecule has 1 heterocycles. The number of hydrogen-bond acceptors (Lipinski definition) is 4. The van der Waals surface area contributed by atoms with E-state index in [2.05, 4.69) is 4.72 Å². The van der Waals surface area contributed by atoms with Gasteiger partial charge in [0.25, 0.3) is 0 Å². The van der Waals surface area contributed by atoms with Crippen molar-refractivity contribution in [3.8, 4) is 0 Å². The molecule has 8 heteroatoms. The normalized spacial score (nSPS) is 29.7. The van der Waals surface area contributed by atoms with Gasteiger partial charge in [0.05, 0.1) is 25.0 Å². The van der Waals surface area contributed by atoms with Crippen molar-refractivity contribution in [3.05, 3.63) is 35.6 Å². The Morgan fingerprint density at radius 3 is 2.55 bits per heavy atom. The second-order valence-electron chi connectivity index (χ2n) is 9.37. The number of sulfonamides is 1.